The molecule has 1 amide bonds. The Bertz CT molecular complexity index is 1360. The summed E-state index contributed by atoms with van der Waals surface area (Å²) in [4.78, 5) is 37.4. The van der Waals surface area contributed by atoms with E-state index in [-0.39, 0.29) is 18.2 Å². The molecule has 0 spiro atoms. The summed E-state index contributed by atoms with van der Waals surface area (Å²) in [5.74, 6) is -0.136. The smallest absolute Gasteiger partial charge is 0.241 e. The second kappa shape index (κ2) is 10.9. The summed E-state index contributed by atoms with van der Waals surface area (Å²) in [6.07, 6.45) is 6.46. The highest BCUT2D eigenvalue weighted by molar-refractivity contribution is 6.37. The molecular formula is C28H28ClN5O2. The van der Waals surface area contributed by atoms with Gasteiger partial charge in [-0.15, -0.1) is 0 Å². The first-order valence-electron chi connectivity index (χ1n) is 12.1. The van der Waals surface area contributed by atoms with Crippen LogP contribution in [-0.4, -0.2) is 70.7 Å². The quantitative estimate of drug-likeness (QED) is 0.353. The van der Waals surface area contributed by atoms with E-state index in [0.29, 0.717) is 34.9 Å². The Hall–Kier alpha value is -3.68. The fourth-order valence-corrected chi connectivity index (χ4v) is 4.81. The summed E-state index contributed by atoms with van der Waals surface area (Å²) >= 11 is 6.60. The average Bonchev–Trinajstić information content (AvgIpc) is 3.40. The fourth-order valence-electron chi connectivity index (χ4n) is 4.53. The van der Waals surface area contributed by atoms with Crippen LogP contribution >= 0.6 is 11.6 Å². The summed E-state index contributed by atoms with van der Waals surface area (Å²) in [6, 6.07) is 16.9. The number of hydrogen-bond acceptors (Lipinski definition) is 5. The number of ketones is 1. The number of halogens is 1. The third kappa shape index (κ3) is 5.42. The molecule has 0 atom stereocenters. The number of pyridine rings is 1. The summed E-state index contributed by atoms with van der Waals surface area (Å²) in [6.45, 7) is 4.20. The highest BCUT2D eigenvalue weighted by Gasteiger charge is 2.21. The van der Waals surface area contributed by atoms with Gasteiger partial charge in [0.05, 0.1) is 17.3 Å². The molecule has 5 rings (SSSR count). The number of carbonyl (C=O) groups excluding carboxylic acids is 2. The summed E-state index contributed by atoms with van der Waals surface area (Å²) in [5, 5.41) is 4.50. The number of nitrogens with zero attached hydrogens (tertiary/aromatic N) is 3. The lowest BCUT2D eigenvalue weighted by atomic mass is 10.0. The first-order valence-corrected chi connectivity index (χ1v) is 12.5. The van der Waals surface area contributed by atoms with Crippen molar-refractivity contribution in [2.24, 2.45) is 0 Å². The Morgan fingerprint density at radius 2 is 1.81 bits per heavy atom. The SMILES string of the molecule is O=C(c1ccc2cc[nH]c2c1)c1cccc(NCC(=O)N2CCN(CCc3ccncc3)CC2)c1Cl. The van der Waals surface area contributed by atoms with E-state index >= 15 is 0 Å². The zero-order valence-electron chi connectivity index (χ0n) is 19.9. The maximum atomic E-state index is 13.1. The van der Waals surface area contributed by atoms with Crippen molar-refractivity contribution in [1.29, 1.82) is 0 Å². The fraction of sp³-hybridized carbons (Fsp3) is 0.250. The zero-order valence-corrected chi connectivity index (χ0v) is 20.7. The Labute approximate surface area is 215 Å². The number of hydrogen-bond donors (Lipinski definition) is 2. The molecule has 4 aromatic rings. The van der Waals surface area contributed by atoms with E-state index < -0.39 is 0 Å². The number of benzene rings is 2. The van der Waals surface area contributed by atoms with Crippen LogP contribution in [0.2, 0.25) is 5.02 Å². The van der Waals surface area contributed by atoms with E-state index in [2.05, 4.69) is 20.2 Å². The van der Waals surface area contributed by atoms with Crippen LogP contribution in [-0.2, 0) is 11.2 Å². The van der Waals surface area contributed by atoms with E-state index in [4.69, 9.17) is 11.6 Å². The average molecular weight is 502 g/mol. The largest absolute Gasteiger partial charge is 0.375 e. The summed E-state index contributed by atoms with van der Waals surface area (Å²) < 4.78 is 0. The van der Waals surface area contributed by atoms with E-state index in [1.54, 1.807) is 24.3 Å². The molecule has 36 heavy (non-hydrogen) atoms. The lowest BCUT2D eigenvalue weighted by molar-refractivity contribution is -0.131. The van der Waals surface area contributed by atoms with Crippen LogP contribution in [0.25, 0.3) is 10.9 Å². The Kier molecular flexibility index (Phi) is 7.30. The van der Waals surface area contributed by atoms with E-state index in [1.807, 2.05) is 53.8 Å². The first kappa shape index (κ1) is 24.0. The van der Waals surface area contributed by atoms with Crippen molar-refractivity contribution in [3.63, 3.8) is 0 Å². The molecule has 2 aromatic carbocycles. The molecule has 2 aromatic heterocycles. The summed E-state index contributed by atoms with van der Waals surface area (Å²) in [5.41, 5.74) is 3.71. The van der Waals surface area contributed by atoms with Gasteiger partial charge in [0, 0.05) is 68.0 Å². The van der Waals surface area contributed by atoms with Crippen molar-refractivity contribution >= 4 is 39.9 Å². The number of piperazine rings is 1. The second-order valence-corrected chi connectivity index (χ2v) is 9.34. The van der Waals surface area contributed by atoms with Crippen LogP contribution in [0.3, 0.4) is 0 Å². The highest BCUT2D eigenvalue weighted by Crippen LogP contribution is 2.28. The van der Waals surface area contributed by atoms with Gasteiger partial charge in [-0.25, -0.2) is 0 Å². The van der Waals surface area contributed by atoms with Gasteiger partial charge in [0.1, 0.15) is 0 Å². The molecule has 0 saturated carbocycles. The number of aromatic nitrogens is 2. The molecule has 1 saturated heterocycles. The maximum Gasteiger partial charge on any atom is 0.241 e. The van der Waals surface area contributed by atoms with Crippen LogP contribution in [0.5, 0.6) is 0 Å². The van der Waals surface area contributed by atoms with Crippen molar-refractivity contribution in [3.05, 3.63) is 94.9 Å². The minimum absolute atomic E-state index is 0.0220. The maximum absolute atomic E-state index is 13.1. The standard InChI is InChI=1S/C28H28ClN5O2/c29-27-23(28(36)22-5-4-21-8-12-31-25(21)18-22)2-1-3-24(27)32-19-26(35)34-16-14-33(15-17-34)13-9-20-6-10-30-11-7-20/h1-8,10-12,18,31-32H,9,13-17,19H2. The monoisotopic (exact) mass is 501 g/mol. The van der Waals surface area contributed by atoms with Crippen molar-refractivity contribution in [1.82, 2.24) is 19.8 Å². The Balaban J connectivity index is 1.15. The normalized spacial score (nSPS) is 14.2. The van der Waals surface area contributed by atoms with Crippen molar-refractivity contribution in [2.75, 3.05) is 44.6 Å². The van der Waals surface area contributed by atoms with Crippen molar-refractivity contribution in [3.8, 4) is 0 Å². The second-order valence-electron chi connectivity index (χ2n) is 8.96. The molecule has 1 aliphatic rings. The topological polar surface area (TPSA) is 81.3 Å². The highest BCUT2D eigenvalue weighted by atomic mass is 35.5. The van der Waals surface area contributed by atoms with E-state index in [9.17, 15) is 9.59 Å². The Morgan fingerprint density at radius 1 is 1.00 bits per heavy atom. The zero-order chi connectivity index (χ0) is 24.9. The third-order valence-corrected chi connectivity index (χ3v) is 7.09. The van der Waals surface area contributed by atoms with Gasteiger partial charge in [0.2, 0.25) is 5.91 Å². The van der Waals surface area contributed by atoms with Crippen LogP contribution < -0.4 is 5.32 Å². The molecule has 3 heterocycles. The van der Waals surface area contributed by atoms with Gasteiger partial charge in [0.25, 0.3) is 0 Å². The molecule has 2 N–H and O–H groups in total. The number of nitrogens with one attached hydrogen (secondary N) is 2. The molecule has 0 aliphatic carbocycles. The molecule has 0 unspecified atom stereocenters. The van der Waals surface area contributed by atoms with Crippen LogP contribution in [0, 0.1) is 0 Å². The van der Waals surface area contributed by atoms with Crippen molar-refractivity contribution < 1.29 is 9.59 Å². The van der Waals surface area contributed by atoms with E-state index in [1.165, 1.54) is 5.56 Å². The van der Waals surface area contributed by atoms with Crippen LogP contribution in [0.1, 0.15) is 21.5 Å². The first-order chi connectivity index (χ1) is 17.6. The number of aromatic amines is 1. The van der Waals surface area contributed by atoms with Crippen molar-refractivity contribution in [2.45, 2.75) is 6.42 Å². The molecular weight excluding hydrogens is 474 g/mol. The van der Waals surface area contributed by atoms with Gasteiger partial charge in [0.15, 0.2) is 5.78 Å². The molecule has 8 heteroatoms. The third-order valence-electron chi connectivity index (χ3n) is 6.68. The number of carbonyl (C=O) groups is 2. The van der Waals surface area contributed by atoms with Gasteiger partial charge in [-0.2, -0.15) is 0 Å². The predicted molar refractivity (Wildman–Crippen MR) is 143 cm³/mol. The minimum Gasteiger partial charge on any atom is -0.375 e. The molecule has 1 fully saturated rings. The number of amides is 1. The van der Waals surface area contributed by atoms with Crippen LogP contribution in [0.15, 0.2) is 73.2 Å². The lowest BCUT2D eigenvalue weighted by Crippen LogP contribution is -2.50. The molecule has 7 nitrogen and oxygen atoms in total. The summed E-state index contributed by atoms with van der Waals surface area (Å²) in [7, 11) is 0. The van der Waals surface area contributed by atoms with Gasteiger partial charge in [-0.05, 0) is 53.8 Å². The molecule has 0 radical (unpaired) electrons. The van der Waals surface area contributed by atoms with E-state index in [0.717, 1.165) is 37.0 Å². The molecule has 184 valence electrons. The van der Waals surface area contributed by atoms with Gasteiger partial charge in [-0.3, -0.25) is 19.5 Å². The number of anilines is 1. The van der Waals surface area contributed by atoms with Gasteiger partial charge < -0.3 is 15.2 Å². The predicted octanol–water partition coefficient (Wildman–Crippen LogP) is 4.25. The number of rotatable bonds is 8. The van der Waals surface area contributed by atoms with Gasteiger partial charge in [-0.1, -0.05) is 29.8 Å². The molecule has 0 bridgehead atoms. The molecule has 1 aliphatic heterocycles. The minimum atomic E-state index is -0.158. The number of fused-ring (bicyclic) bond motifs is 1. The van der Waals surface area contributed by atoms with Gasteiger partial charge >= 0.3 is 0 Å². The Morgan fingerprint density at radius 3 is 2.61 bits per heavy atom. The van der Waals surface area contributed by atoms with Crippen LogP contribution in [0.4, 0.5) is 5.69 Å². The lowest BCUT2D eigenvalue weighted by Gasteiger charge is -2.35. The number of H-pyrrole nitrogens is 1.